The summed E-state index contributed by atoms with van der Waals surface area (Å²) in [5, 5.41) is 12.2. The molecule has 0 bridgehead atoms. The van der Waals surface area contributed by atoms with Crippen molar-refractivity contribution in [1.29, 1.82) is 0 Å². The fourth-order valence-corrected chi connectivity index (χ4v) is 1.70. The molecule has 0 heterocycles. The Labute approximate surface area is 126 Å². The minimum atomic E-state index is -1.32. The van der Waals surface area contributed by atoms with Crippen LogP contribution >= 0.6 is 23.2 Å². The van der Waals surface area contributed by atoms with Crippen molar-refractivity contribution in [2.24, 2.45) is 0 Å². The molecule has 0 fully saturated rings. The number of rotatable bonds is 6. The summed E-state index contributed by atoms with van der Waals surface area (Å²) in [6.07, 6.45) is 0.256. The van der Waals surface area contributed by atoms with Crippen LogP contribution in [0.1, 0.15) is 20.3 Å². The van der Waals surface area contributed by atoms with Crippen LogP contribution in [0.4, 0.5) is 0 Å². The number of benzene rings is 1. The molecule has 2 N–H and O–H groups in total. The van der Waals surface area contributed by atoms with E-state index in [1.54, 1.807) is 19.1 Å². The van der Waals surface area contributed by atoms with Gasteiger partial charge in [-0.2, -0.15) is 0 Å². The molecule has 0 saturated carbocycles. The van der Waals surface area contributed by atoms with E-state index in [-0.39, 0.29) is 18.8 Å². The smallest absolute Gasteiger partial charge is 0.329 e. The molecule has 1 aromatic rings. The van der Waals surface area contributed by atoms with Crippen LogP contribution < -0.4 is 10.1 Å². The Morgan fingerprint density at radius 3 is 2.60 bits per heavy atom. The molecule has 0 aliphatic rings. The van der Waals surface area contributed by atoms with Gasteiger partial charge in [0, 0.05) is 11.1 Å². The SMILES string of the molecule is CCC(C)(NC(=O)COc1cc(Cl)ccc1Cl)C(=O)O. The van der Waals surface area contributed by atoms with E-state index in [4.69, 9.17) is 33.0 Å². The van der Waals surface area contributed by atoms with Crippen molar-refractivity contribution in [3.63, 3.8) is 0 Å². The molecule has 0 aliphatic heterocycles. The van der Waals surface area contributed by atoms with Gasteiger partial charge in [-0.25, -0.2) is 4.79 Å². The maximum absolute atomic E-state index is 11.7. The van der Waals surface area contributed by atoms with Crippen molar-refractivity contribution in [3.8, 4) is 5.75 Å². The number of ether oxygens (including phenoxy) is 1. The van der Waals surface area contributed by atoms with Crippen LogP contribution in [0.2, 0.25) is 10.0 Å². The molecule has 0 saturated heterocycles. The van der Waals surface area contributed by atoms with Gasteiger partial charge >= 0.3 is 5.97 Å². The monoisotopic (exact) mass is 319 g/mol. The zero-order valence-corrected chi connectivity index (χ0v) is 12.6. The normalized spacial score (nSPS) is 13.4. The first-order chi connectivity index (χ1) is 9.28. The van der Waals surface area contributed by atoms with Gasteiger partial charge in [0.2, 0.25) is 0 Å². The summed E-state index contributed by atoms with van der Waals surface area (Å²) >= 11 is 11.7. The first kappa shape index (κ1) is 16.6. The number of carboxylic acid groups (broad SMARTS) is 1. The number of hydrogen-bond donors (Lipinski definition) is 2. The molecular weight excluding hydrogens is 305 g/mol. The predicted molar refractivity (Wildman–Crippen MR) is 76.4 cm³/mol. The molecule has 0 spiro atoms. The van der Waals surface area contributed by atoms with Gasteiger partial charge in [0.05, 0.1) is 5.02 Å². The fourth-order valence-electron chi connectivity index (χ4n) is 1.37. The summed E-state index contributed by atoms with van der Waals surface area (Å²) in [6.45, 7) is 2.76. The molecule has 0 radical (unpaired) electrons. The number of carboxylic acids is 1. The minimum absolute atomic E-state index is 0.256. The molecule has 1 unspecified atom stereocenters. The van der Waals surface area contributed by atoms with Crippen LogP contribution in [0, 0.1) is 0 Å². The average molecular weight is 320 g/mol. The number of amides is 1. The van der Waals surface area contributed by atoms with Gasteiger partial charge in [0.15, 0.2) is 6.61 Å². The quantitative estimate of drug-likeness (QED) is 0.845. The summed E-state index contributed by atoms with van der Waals surface area (Å²) in [6, 6.07) is 4.62. The van der Waals surface area contributed by atoms with Crippen molar-refractivity contribution in [2.75, 3.05) is 6.61 Å². The van der Waals surface area contributed by atoms with Gasteiger partial charge in [-0.1, -0.05) is 30.1 Å². The van der Waals surface area contributed by atoms with Crippen LogP contribution in [0.3, 0.4) is 0 Å². The molecule has 5 nitrogen and oxygen atoms in total. The summed E-state index contributed by atoms with van der Waals surface area (Å²) < 4.78 is 5.23. The Kier molecular flexibility index (Phi) is 5.65. The third kappa shape index (κ3) is 4.28. The third-order valence-corrected chi connectivity index (χ3v) is 3.39. The summed E-state index contributed by atoms with van der Waals surface area (Å²) in [5.74, 6) is -1.38. The number of aliphatic carboxylic acids is 1. The van der Waals surface area contributed by atoms with Crippen molar-refractivity contribution in [3.05, 3.63) is 28.2 Å². The highest BCUT2D eigenvalue weighted by Gasteiger charge is 2.32. The van der Waals surface area contributed by atoms with Gasteiger partial charge in [0.1, 0.15) is 11.3 Å². The fraction of sp³-hybridized carbons (Fsp3) is 0.385. The maximum atomic E-state index is 11.7. The van der Waals surface area contributed by atoms with E-state index < -0.39 is 17.4 Å². The zero-order chi connectivity index (χ0) is 15.3. The average Bonchev–Trinajstić information content (AvgIpc) is 2.39. The highest BCUT2D eigenvalue weighted by molar-refractivity contribution is 6.34. The lowest BCUT2D eigenvalue weighted by Gasteiger charge is -2.24. The van der Waals surface area contributed by atoms with Gasteiger partial charge in [-0.15, -0.1) is 0 Å². The molecule has 7 heteroatoms. The highest BCUT2D eigenvalue weighted by atomic mass is 35.5. The number of carbonyl (C=O) groups excluding carboxylic acids is 1. The van der Waals surface area contributed by atoms with E-state index in [9.17, 15) is 9.59 Å². The molecule has 110 valence electrons. The second-order valence-electron chi connectivity index (χ2n) is 4.40. The first-order valence-electron chi connectivity index (χ1n) is 5.90. The summed E-state index contributed by atoms with van der Waals surface area (Å²) in [7, 11) is 0. The Balaban J connectivity index is 2.64. The van der Waals surface area contributed by atoms with Gasteiger partial charge in [-0.05, 0) is 25.5 Å². The van der Waals surface area contributed by atoms with E-state index in [0.717, 1.165) is 0 Å². The molecule has 20 heavy (non-hydrogen) atoms. The second kappa shape index (κ2) is 6.81. The third-order valence-electron chi connectivity index (χ3n) is 2.85. The predicted octanol–water partition coefficient (Wildman–Crippen LogP) is 2.74. The number of carbonyl (C=O) groups is 2. The lowest BCUT2D eigenvalue weighted by molar-refractivity contribution is -0.147. The maximum Gasteiger partial charge on any atom is 0.329 e. The van der Waals surface area contributed by atoms with Crippen molar-refractivity contribution >= 4 is 35.1 Å². The lowest BCUT2D eigenvalue weighted by Crippen LogP contribution is -2.53. The first-order valence-corrected chi connectivity index (χ1v) is 6.66. The van der Waals surface area contributed by atoms with Crippen LogP contribution in [0.5, 0.6) is 5.75 Å². The Morgan fingerprint density at radius 2 is 2.05 bits per heavy atom. The van der Waals surface area contributed by atoms with E-state index in [1.807, 2.05) is 0 Å². The number of halogens is 2. The molecule has 1 aromatic carbocycles. The van der Waals surface area contributed by atoms with Crippen molar-refractivity contribution in [2.45, 2.75) is 25.8 Å². The van der Waals surface area contributed by atoms with E-state index in [0.29, 0.717) is 10.0 Å². The van der Waals surface area contributed by atoms with Gasteiger partial charge in [0.25, 0.3) is 5.91 Å². The topological polar surface area (TPSA) is 75.6 Å². The summed E-state index contributed by atoms with van der Waals surface area (Å²) in [4.78, 5) is 22.8. The van der Waals surface area contributed by atoms with Crippen LogP contribution in [-0.4, -0.2) is 29.1 Å². The molecule has 1 atom stereocenters. The van der Waals surface area contributed by atoms with Crippen LogP contribution in [0.15, 0.2) is 18.2 Å². The Bertz CT molecular complexity index is 521. The Morgan fingerprint density at radius 1 is 1.40 bits per heavy atom. The zero-order valence-electron chi connectivity index (χ0n) is 11.1. The molecule has 0 aliphatic carbocycles. The molecule has 1 amide bonds. The van der Waals surface area contributed by atoms with Crippen LogP contribution in [0.25, 0.3) is 0 Å². The lowest BCUT2D eigenvalue weighted by atomic mass is 9.99. The molecular formula is C13H15Cl2NO4. The standard InChI is InChI=1S/C13H15Cl2NO4/c1-3-13(2,12(18)19)16-11(17)7-20-10-6-8(14)4-5-9(10)15/h4-6H,3,7H2,1-2H3,(H,16,17)(H,18,19). The largest absolute Gasteiger partial charge is 0.482 e. The highest BCUT2D eigenvalue weighted by Crippen LogP contribution is 2.27. The van der Waals surface area contributed by atoms with Crippen molar-refractivity contribution < 1.29 is 19.4 Å². The van der Waals surface area contributed by atoms with E-state index in [2.05, 4.69) is 5.32 Å². The molecule has 0 aromatic heterocycles. The second-order valence-corrected chi connectivity index (χ2v) is 5.25. The van der Waals surface area contributed by atoms with Gasteiger partial charge < -0.3 is 15.2 Å². The molecule has 1 rings (SSSR count). The summed E-state index contributed by atoms with van der Waals surface area (Å²) in [5.41, 5.74) is -1.32. The van der Waals surface area contributed by atoms with E-state index in [1.165, 1.54) is 13.0 Å². The number of nitrogens with one attached hydrogen (secondary N) is 1. The number of hydrogen-bond acceptors (Lipinski definition) is 3. The van der Waals surface area contributed by atoms with E-state index >= 15 is 0 Å². The minimum Gasteiger partial charge on any atom is -0.482 e. The van der Waals surface area contributed by atoms with Gasteiger partial charge in [-0.3, -0.25) is 4.79 Å². The van der Waals surface area contributed by atoms with Crippen molar-refractivity contribution in [1.82, 2.24) is 5.32 Å². The van der Waals surface area contributed by atoms with Crippen LogP contribution in [-0.2, 0) is 9.59 Å². The Hall–Kier alpha value is -1.46.